The van der Waals surface area contributed by atoms with Gasteiger partial charge >= 0.3 is 5.97 Å². The van der Waals surface area contributed by atoms with Crippen LogP contribution in [-0.4, -0.2) is 70.3 Å². The number of rotatable bonds is 6. The molecule has 0 spiro atoms. The van der Waals surface area contributed by atoms with E-state index in [0.717, 1.165) is 5.56 Å². The van der Waals surface area contributed by atoms with Crippen LogP contribution in [0.15, 0.2) is 30.3 Å². The fourth-order valence-corrected chi connectivity index (χ4v) is 2.29. The largest absolute Gasteiger partial charge is 0.431 e. The Hall–Kier alpha value is -1.55. The standard InChI is InChI=1S/C15H20O8/c16-6-10-14(21-8-9-4-2-1-3-5-9)12(19)13(20)15(22-10)23-11(18)7-17/h1-5,10,12-17,19-20H,6-8H2/t10-,12-,13-,14-,15+/m1/s1. The van der Waals surface area contributed by atoms with Crippen LogP contribution in [-0.2, 0) is 25.6 Å². The summed E-state index contributed by atoms with van der Waals surface area (Å²) in [7, 11) is 0. The molecule has 1 saturated heterocycles. The molecule has 0 bridgehead atoms. The van der Waals surface area contributed by atoms with Crippen molar-refractivity contribution in [2.45, 2.75) is 37.3 Å². The first-order valence-electron chi connectivity index (χ1n) is 7.15. The molecule has 5 atom stereocenters. The van der Waals surface area contributed by atoms with Gasteiger partial charge < -0.3 is 34.6 Å². The zero-order valence-corrected chi connectivity index (χ0v) is 12.3. The molecule has 4 N–H and O–H groups in total. The van der Waals surface area contributed by atoms with Gasteiger partial charge in [0.2, 0.25) is 6.29 Å². The van der Waals surface area contributed by atoms with Gasteiger partial charge in [-0.25, -0.2) is 4.79 Å². The highest BCUT2D eigenvalue weighted by Gasteiger charge is 2.46. The number of ether oxygens (including phenoxy) is 3. The summed E-state index contributed by atoms with van der Waals surface area (Å²) >= 11 is 0. The number of carbonyl (C=O) groups is 1. The van der Waals surface area contributed by atoms with E-state index in [9.17, 15) is 20.1 Å². The SMILES string of the molecule is O=C(CO)O[C@@H]1O[C@H](CO)[C@@H](OCc2ccccc2)[C@H](O)[C@H]1O. The van der Waals surface area contributed by atoms with Gasteiger partial charge in [-0.2, -0.15) is 0 Å². The van der Waals surface area contributed by atoms with Crippen molar-refractivity contribution in [2.75, 3.05) is 13.2 Å². The fraction of sp³-hybridized carbons (Fsp3) is 0.533. The van der Waals surface area contributed by atoms with E-state index >= 15 is 0 Å². The van der Waals surface area contributed by atoms with E-state index in [1.165, 1.54) is 0 Å². The van der Waals surface area contributed by atoms with Gasteiger partial charge in [-0.3, -0.25) is 0 Å². The van der Waals surface area contributed by atoms with Crippen LogP contribution in [0.1, 0.15) is 5.56 Å². The maximum Gasteiger partial charge on any atom is 0.334 e. The van der Waals surface area contributed by atoms with Crippen LogP contribution >= 0.6 is 0 Å². The third-order valence-electron chi connectivity index (χ3n) is 3.48. The topological polar surface area (TPSA) is 126 Å². The number of aliphatic hydroxyl groups excluding tert-OH is 4. The highest BCUT2D eigenvalue weighted by molar-refractivity contribution is 5.70. The molecule has 23 heavy (non-hydrogen) atoms. The lowest BCUT2D eigenvalue weighted by atomic mass is 9.99. The van der Waals surface area contributed by atoms with Gasteiger partial charge in [0.15, 0.2) is 0 Å². The number of esters is 1. The van der Waals surface area contributed by atoms with E-state index in [1.54, 1.807) is 0 Å². The number of hydrogen-bond donors (Lipinski definition) is 4. The molecule has 0 aliphatic carbocycles. The van der Waals surface area contributed by atoms with Crippen LogP contribution in [0.25, 0.3) is 0 Å². The van der Waals surface area contributed by atoms with Crippen molar-refractivity contribution in [3.63, 3.8) is 0 Å². The summed E-state index contributed by atoms with van der Waals surface area (Å²) in [5, 5.41) is 38.2. The molecule has 1 heterocycles. The number of aliphatic hydroxyl groups is 4. The maximum absolute atomic E-state index is 11.1. The van der Waals surface area contributed by atoms with Crippen LogP contribution in [0.5, 0.6) is 0 Å². The molecule has 1 aliphatic heterocycles. The Morgan fingerprint density at radius 1 is 1.13 bits per heavy atom. The monoisotopic (exact) mass is 328 g/mol. The van der Waals surface area contributed by atoms with Crippen molar-refractivity contribution in [1.29, 1.82) is 0 Å². The lowest BCUT2D eigenvalue weighted by Gasteiger charge is -2.41. The first-order chi connectivity index (χ1) is 11.1. The van der Waals surface area contributed by atoms with Crippen LogP contribution in [0.3, 0.4) is 0 Å². The van der Waals surface area contributed by atoms with Gasteiger partial charge in [-0.15, -0.1) is 0 Å². The molecule has 1 aliphatic rings. The minimum absolute atomic E-state index is 0.149. The minimum atomic E-state index is -1.56. The summed E-state index contributed by atoms with van der Waals surface area (Å²) in [6.45, 7) is -1.24. The Balaban J connectivity index is 2.01. The Kier molecular flexibility index (Phi) is 6.46. The van der Waals surface area contributed by atoms with Gasteiger partial charge in [0.1, 0.15) is 31.0 Å². The van der Waals surface area contributed by atoms with Crippen molar-refractivity contribution in [2.24, 2.45) is 0 Å². The van der Waals surface area contributed by atoms with Crippen molar-refractivity contribution < 1.29 is 39.4 Å². The van der Waals surface area contributed by atoms with Crippen LogP contribution in [0, 0.1) is 0 Å². The predicted octanol–water partition coefficient (Wildman–Crippen LogP) is -1.45. The molecule has 0 aromatic heterocycles. The Bertz CT molecular complexity index is 492. The van der Waals surface area contributed by atoms with E-state index in [1.807, 2.05) is 30.3 Å². The van der Waals surface area contributed by atoms with E-state index in [4.69, 9.17) is 14.6 Å². The summed E-state index contributed by atoms with van der Waals surface area (Å²) in [5.41, 5.74) is 0.847. The molecule has 1 aromatic carbocycles. The lowest BCUT2D eigenvalue weighted by molar-refractivity contribution is -0.301. The van der Waals surface area contributed by atoms with E-state index in [2.05, 4.69) is 4.74 Å². The molecule has 8 heteroatoms. The second-order valence-electron chi connectivity index (χ2n) is 5.12. The number of hydrogen-bond acceptors (Lipinski definition) is 8. The summed E-state index contributed by atoms with van der Waals surface area (Å²) in [4.78, 5) is 11.1. The summed E-state index contributed by atoms with van der Waals surface area (Å²) in [5.74, 6) is -1.01. The van der Waals surface area contributed by atoms with Gasteiger partial charge in [-0.05, 0) is 5.56 Å². The fourth-order valence-electron chi connectivity index (χ4n) is 2.29. The Morgan fingerprint density at radius 2 is 1.83 bits per heavy atom. The van der Waals surface area contributed by atoms with E-state index in [-0.39, 0.29) is 6.61 Å². The molecule has 1 aromatic rings. The maximum atomic E-state index is 11.1. The minimum Gasteiger partial charge on any atom is -0.431 e. The van der Waals surface area contributed by atoms with Gasteiger partial charge in [0, 0.05) is 0 Å². The van der Waals surface area contributed by atoms with Crippen molar-refractivity contribution >= 4 is 5.97 Å². The number of benzene rings is 1. The first kappa shape index (κ1) is 17.8. The molecule has 0 saturated carbocycles. The van der Waals surface area contributed by atoms with Crippen LogP contribution in [0.2, 0.25) is 0 Å². The second-order valence-corrected chi connectivity index (χ2v) is 5.12. The number of carbonyl (C=O) groups excluding carboxylic acids is 1. The van der Waals surface area contributed by atoms with Crippen LogP contribution in [0.4, 0.5) is 0 Å². The molecule has 0 radical (unpaired) electrons. The zero-order valence-electron chi connectivity index (χ0n) is 12.3. The molecule has 128 valence electrons. The normalized spacial score (nSPS) is 30.9. The highest BCUT2D eigenvalue weighted by Crippen LogP contribution is 2.25. The Morgan fingerprint density at radius 3 is 2.43 bits per heavy atom. The zero-order chi connectivity index (χ0) is 16.8. The molecular weight excluding hydrogens is 308 g/mol. The third-order valence-corrected chi connectivity index (χ3v) is 3.48. The molecule has 8 nitrogen and oxygen atoms in total. The summed E-state index contributed by atoms with van der Waals surface area (Å²) in [6.07, 6.45) is -6.47. The quantitative estimate of drug-likeness (QED) is 0.467. The summed E-state index contributed by atoms with van der Waals surface area (Å²) in [6, 6.07) is 9.16. The lowest BCUT2D eigenvalue weighted by Crippen LogP contribution is -2.60. The van der Waals surface area contributed by atoms with Crippen molar-refractivity contribution in [1.82, 2.24) is 0 Å². The average Bonchev–Trinajstić information content (AvgIpc) is 2.58. The van der Waals surface area contributed by atoms with Gasteiger partial charge in [0.05, 0.1) is 13.2 Å². The molecular formula is C15H20O8. The molecule has 0 unspecified atom stereocenters. The Labute approximate surface area is 132 Å². The van der Waals surface area contributed by atoms with E-state index < -0.39 is 49.9 Å². The predicted molar refractivity (Wildman–Crippen MR) is 76.0 cm³/mol. The first-order valence-corrected chi connectivity index (χ1v) is 7.15. The van der Waals surface area contributed by atoms with Crippen molar-refractivity contribution in [3.05, 3.63) is 35.9 Å². The van der Waals surface area contributed by atoms with Crippen molar-refractivity contribution in [3.8, 4) is 0 Å². The summed E-state index contributed by atoms with van der Waals surface area (Å²) < 4.78 is 15.5. The van der Waals surface area contributed by atoms with E-state index in [0.29, 0.717) is 0 Å². The molecule has 2 rings (SSSR count). The molecule has 0 amide bonds. The second kappa shape index (κ2) is 8.34. The molecule has 1 fully saturated rings. The van der Waals surface area contributed by atoms with Gasteiger partial charge in [-0.1, -0.05) is 30.3 Å². The van der Waals surface area contributed by atoms with Crippen LogP contribution < -0.4 is 0 Å². The highest BCUT2D eigenvalue weighted by atomic mass is 16.7. The average molecular weight is 328 g/mol. The van der Waals surface area contributed by atoms with Gasteiger partial charge in [0.25, 0.3) is 0 Å². The smallest absolute Gasteiger partial charge is 0.334 e. The third kappa shape index (κ3) is 4.47.